The van der Waals surface area contributed by atoms with Gasteiger partial charge in [0.2, 0.25) is 0 Å². The summed E-state index contributed by atoms with van der Waals surface area (Å²) < 4.78 is 1.70. The lowest BCUT2D eigenvalue weighted by Crippen LogP contribution is -2.40. The standard InChI is InChI=1S/C15H19N5O/c1-3-9-19(2)15(21)18-14(10-20-12-16-11-17-20)13-7-5-4-6-8-13/h3-8,11-12,14H,1,9-10H2,2H3,(H,18,21). The summed E-state index contributed by atoms with van der Waals surface area (Å²) in [5, 5.41) is 7.10. The van der Waals surface area contributed by atoms with Gasteiger partial charge in [-0.05, 0) is 5.56 Å². The van der Waals surface area contributed by atoms with Crippen LogP contribution >= 0.6 is 0 Å². The lowest BCUT2D eigenvalue weighted by Gasteiger charge is -2.23. The number of likely N-dealkylation sites (N-methyl/N-ethyl adjacent to an activating group) is 1. The molecule has 0 spiro atoms. The molecule has 0 aliphatic rings. The number of aromatic nitrogens is 3. The van der Waals surface area contributed by atoms with Crippen LogP contribution in [0.1, 0.15) is 11.6 Å². The normalized spacial score (nSPS) is 11.7. The Hall–Kier alpha value is -2.63. The Morgan fingerprint density at radius 2 is 2.24 bits per heavy atom. The van der Waals surface area contributed by atoms with Gasteiger partial charge in [0, 0.05) is 13.6 Å². The van der Waals surface area contributed by atoms with Gasteiger partial charge in [-0.2, -0.15) is 5.10 Å². The van der Waals surface area contributed by atoms with Crippen LogP contribution in [0, 0.1) is 0 Å². The molecule has 1 aromatic heterocycles. The Labute approximate surface area is 124 Å². The lowest BCUT2D eigenvalue weighted by atomic mass is 10.1. The van der Waals surface area contributed by atoms with E-state index >= 15 is 0 Å². The quantitative estimate of drug-likeness (QED) is 0.824. The molecule has 1 heterocycles. The molecule has 1 atom stereocenters. The van der Waals surface area contributed by atoms with Crippen LogP contribution in [0.4, 0.5) is 4.79 Å². The molecule has 0 aliphatic carbocycles. The molecule has 1 aromatic carbocycles. The predicted octanol–water partition coefficient (Wildman–Crippen LogP) is 1.85. The Morgan fingerprint density at radius 3 is 2.86 bits per heavy atom. The van der Waals surface area contributed by atoms with Gasteiger partial charge < -0.3 is 10.2 Å². The van der Waals surface area contributed by atoms with Crippen molar-refractivity contribution in [1.29, 1.82) is 0 Å². The Kier molecular flexibility index (Phi) is 5.09. The molecule has 0 saturated heterocycles. The minimum atomic E-state index is -0.173. The minimum Gasteiger partial charge on any atom is -0.329 e. The highest BCUT2D eigenvalue weighted by Gasteiger charge is 2.17. The largest absolute Gasteiger partial charge is 0.329 e. The first-order chi connectivity index (χ1) is 10.2. The lowest BCUT2D eigenvalue weighted by molar-refractivity contribution is 0.207. The maximum absolute atomic E-state index is 12.2. The SMILES string of the molecule is C=CCN(C)C(=O)NC(Cn1cncn1)c1ccccc1. The van der Waals surface area contributed by atoms with Gasteiger partial charge in [-0.15, -0.1) is 6.58 Å². The average Bonchev–Trinajstić information content (AvgIpc) is 3.00. The number of carbonyl (C=O) groups is 1. The first-order valence-electron chi connectivity index (χ1n) is 6.70. The van der Waals surface area contributed by atoms with Crippen molar-refractivity contribution in [1.82, 2.24) is 25.0 Å². The molecule has 0 fully saturated rings. The van der Waals surface area contributed by atoms with Crippen molar-refractivity contribution in [3.05, 3.63) is 61.2 Å². The van der Waals surface area contributed by atoms with Crippen LogP contribution in [0.5, 0.6) is 0 Å². The van der Waals surface area contributed by atoms with Crippen molar-refractivity contribution in [3.63, 3.8) is 0 Å². The van der Waals surface area contributed by atoms with Gasteiger partial charge in [0.15, 0.2) is 0 Å². The third-order valence-electron chi connectivity index (χ3n) is 3.09. The van der Waals surface area contributed by atoms with Crippen LogP contribution in [-0.4, -0.2) is 39.3 Å². The second-order valence-corrected chi connectivity index (χ2v) is 4.70. The van der Waals surface area contributed by atoms with Gasteiger partial charge >= 0.3 is 6.03 Å². The highest BCUT2D eigenvalue weighted by atomic mass is 16.2. The third kappa shape index (κ3) is 4.17. The van der Waals surface area contributed by atoms with E-state index < -0.39 is 0 Å². The van der Waals surface area contributed by atoms with Crippen LogP contribution in [0.25, 0.3) is 0 Å². The van der Waals surface area contributed by atoms with Gasteiger partial charge in [0.25, 0.3) is 0 Å². The third-order valence-corrected chi connectivity index (χ3v) is 3.09. The maximum atomic E-state index is 12.2. The highest BCUT2D eigenvalue weighted by Crippen LogP contribution is 2.14. The summed E-state index contributed by atoms with van der Waals surface area (Å²) >= 11 is 0. The zero-order chi connectivity index (χ0) is 15.1. The summed E-state index contributed by atoms with van der Waals surface area (Å²) in [7, 11) is 1.73. The summed E-state index contributed by atoms with van der Waals surface area (Å²) in [5.74, 6) is 0. The zero-order valence-electron chi connectivity index (χ0n) is 12.0. The zero-order valence-corrected chi connectivity index (χ0v) is 12.0. The van der Waals surface area contributed by atoms with Crippen molar-refractivity contribution in [2.24, 2.45) is 0 Å². The van der Waals surface area contributed by atoms with Gasteiger partial charge in [-0.25, -0.2) is 9.78 Å². The van der Waals surface area contributed by atoms with E-state index in [2.05, 4.69) is 22.0 Å². The maximum Gasteiger partial charge on any atom is 0.317 e. The van der Waals surface area contributed by atoms with E-state index in [4.69, 9.17) is 0 Å². The van der Waals surface area contributed by atoms with E-state index in [1.54, 1.807) is 29.0 Å². The molecule has 110 valence electrons. The van der Waals surface area contributed by atoms with Gasteiger partial charge in [0.1, 0.15) is 12.7 Å². The first kappa shape index (κ1) is 14.8. The molecule has 6 heteroatoms. The molecule has 0 saturated carbocycles. The second kappa shape index (κ2) is 7.23. The molecule has 0 bridgehead atoms. The molecular formula is C15H19N5O. The minimum absolute atomic E-state index is 0.149. The van der Waals surface area contributed by atoms with Crippen molar-refractivity contribution >= 4 is 6.03 Å². The number of rotatable bonds is 6. The Bertz CT molecular complexity index is 567. The number of urea groups is 1. The molecule has 2 aromatic rings. The fraction of sp³-hybridized carbons (Fsp3) is 0.267. The molecule has 0 aliphatic heterocycles. The van der Waals surface area contributed by atoms with E-state index in [9.17, 15) is 4.79 Å². The highest BCUT2D eigenvalue weighted by molar-refractivity contribution is 5.74. The van der Waals surface area contributed by atoms with Crippen LogP contribution in [-0.2, 0) is 6.54 Å². The molecule has 0 radical (unpaired) electrons. The number of amides is 2. The monoisotopic (exact) mass is 285 g/mol. The van der Waals surface area contributed by atoms with Crippen LogP contribution in [0.2, 0.25) is 0 Å². The van der Waals surface area contributed by atoms with Crippen LogP contribution in [0.15, 0.2) is 55.6 Å². The predicted molar refractivity (Wildman–Crippen MR) is 80.6 cm³/mol. The van der Waals surface area contributed by atoms with Gasteiger partial charge in [-0.3, -0.25) is 4.68 Å². The van der Waals surface area contributed by atoms with E-state index in [0.717, 1.165) is 5.56 Å². The number of benzene rings is 1. The molecule has 1 unspecified atom stereocenters. The van der Waals surface area contributed by atoms with Crippen molar-refractivity contribution in [2.75, 3.05) is 13.6 Å². The molecule has 2 rings (SSSR count). The molecular weight excluding hydrogens is 266 g/mol. The number of nitrogens with one attached hydrogen (secondary N) is 1. The summed E-state index contributed by atoms with van der Waals surface area (Å²) in [4.78, 5) is 17.7. The van der Waals surface area contributed by atoms with E-state index in [0.29, 0.717) is 13.1 Å². The fourth-order valence-electron chi connectivity index (χ4n) is 1.97. The summed E-state index contributed by atoms with van der Waals surface area (Å²) in [6, 6.07) is 9.48. The summed E-state index contributed by atoms with van der Waals surface area (Å²) in [5.41, 5.74) is 1.02. The summed E-state index contributed by atoms with van der Waals surface area (Å²) in [6.45, 7) is 4.66. The number of hydrogen-bond donors (Lipinski definition) is 1. The van der Waals surface area contributed by atoms with Crippen LogP contribution < -0.4 is 5.32 Å². The van der Waals surface area contributed by atoms with E-state index in [1.807, 2.05) is 30.3 Å². The van der Waals surface area contributed by atoms with Crippen LogP contribution in [0.3, 0.4) is 0 Å². The van der Waals surface area contributed by atoms with Gasteiger partial charge in [0.05, 0.1) is 12.6 Å². The molecule has 2 amide bonds. The van der Waals surface area contributed by atoms with E-state index in [1.165, 1.54) is 6.33 Å². The van der Waals surface area contributed by atoms with Gasteiger partial charge in [-0.1, -0.05) is 36.4 Å². The van der Waals surface area contributed by atoms with Crippen molar-refractivity contribution < 1.29 is 4.79 Å². The van der Waals surface area contributed by atoms with E-state index in [-0.39, 0.29) is 12.1 Å². The van der Waals surface area contributed by atoms with Crippen molar-refractivity contribution in [2.45, 2.75) is 12.6 Å². The number of carbonyl (C=O) groups excluding carboxylic acids is 1. The van der Waals surface area contributed by atoms with Crippen molar-refractivity contribution in [3.8, 4) is 0 Å². The first-order valence-corrected chi connectivity index (χ1v) is 6.70. The summed E-state index contributed by atoms with van der Waals surface area (Å²) in [6.07, 6.45) is 4.80. The Morgan fingerprint density at radius 1 is 1.48 bits per heavy atom. The molecule has 1 N–H and O–H groups in total. The number of hydrogen-bond acceptors (Lipinski definition) is 3. The fourth-order valence-corrected chi connectivity index (χ4v) is 1.97. The smallest absolute Gasteiger partial charge is 0.317 e. The molecule has 6 nitrogen and oxygen atoms in total. The average molecular weight is 285 g/mol. The molecule has 21 heavy (non-hydrogen) atoms. The topological polar surface area (TPSA) is 63.1 Å². The Balaban J connectivity index is 2.12. The number of nitrogens with zero attached hydrogens (tertiary/aromatic N) is 4. The second-order valence-electron chi connectivity index (χ2n) is 4.70.